The van der Waals surface area contributed by atoms with Crippen LogP contribution in [0.3, 0.4) is 0 Å². The van der Waals surface area contributed by atoms with Crippen molar-refractivity contribution >= 4 is 6.03 Å². The topological polar surface area (TPSA) is 83.1 Å². The van der Waals surface area contributed by atoms with Crippen LogP contribution in [0.1, 0.15) is 27.7 Å². The first-order chi connectivity index (χ1) is 6.24. The van der Waals surface area contributed by atoms with E-state index in [4.69, 9.17) is 5.84 Å². The summed E-state index contributed by atoms with van der Waals surface area (Å²) in [4.78, 5) is 11.2. The highest BCUT2D eigenvalue weighted by Crippen LogP contribution is 2.06. The molecule has 6 heteroatoms. The third-order valence-electron chi connectivity index (χ3n) is 1.27. The minimum absolute atomic E-state index is 0.113. The molecule has 0 unspecified atom stereocenters. The van der Waals surface area contributed by atoms with Crippen LogP contribution in [0.25, 0.3) is 0 Å². The summed E-state index contributed by atoms with van der Waals surface area (Å²) < 4.78 is 0. The van der Waals surface area contributed by atoms with Crippen LogP contribution in [0.15, 0.2) is 10.2 Å². The van der Waals surface area contributed by atoms with Gasteiger partial charge < -0.3 is 5.32 Å². The van der Waals surface area contributed by atoms with Crippen molar-refractivity contribution < 1.29 is 4.79 Å². The molecule has 6 nitrogen and oxygen atoms in total. The van der Waals surface area contributed by atoms with Gasteiger partial charge in [-0.05, 0) is 27.7 Å². The Labute approximate surface area is 84.5 Å². The van der Waals surface area contributed by atoms with Crippen molar-refractivity contribution in [2.45, 2.75) is 39.4 Å². The van der Waals surface area contributed by atoms with Crippen LogP contribution >= 0.6 is 0 Å². The van der Waals surface area contributed by atoms with Gasteiger partial charge in [0.05, 0.1) is 6.04 Å². The van der Waals surface area contributed by atoms with Gasteiger partial charge in [0.25, 0.3) is 0 Å². The minimum Gasteiger partial charge on any atom is -0.311 e. The molecule has 0 heterocycles. The number of carbonyl (C=O) groups excluding carboxylic acids is 1. The van der Waals surface area contributed by atoms with Crippen molar-refractivity contribution in [2.24, 2.45) is 16.1 Å². The molecule has 0 atom stereocenters. The molecule has 2 amide bonds. The quantitative estimate of drug-likeness (QED) is 0.310. The molecular weight excluding hydrogens is 182 g/mol. The molecular formula is C8H19N5O. The molecule has 0 spiro atoms. The maximum Gasteiger partial charge on any atom is 0.333 e. The summed E-state index contributed by atoms with van der Waals surface area (Å²) in [5.74, 6) is 5.25. The van der Waals surface area contributed by atoms with E-state index < -0.39 is 11.7 Å². The standard InChI is InChI=1S/C8H19N5O/c1-6(2)11-12-8(3,4)10-7(14)13(5)9/h6H,9H2,1-5H3,(H,10,14)/b12-11+. The predicted octanol–water partition coefficient (Wildman–Crippen LogP) is 1.10. The molecule has 3 N–H and O–H groups in total. The first kappa shape index (κ1) is 12.8. The van der Waals surface area contributed by atoms with Crippen molar-refractivity contribution in [3.05, 3.63) is 0 Å². The molecule has 0 aromatic carbocycles. The SMILES string of the molecule is CC(C)/N=N/C(C)(C)NC(=O)N(C)N. The Balaban J connectivity index is 4.27. The first-order valence-electron chi connectivity index (χ1n) is 4.47. The lowest BCUT2D eigenvalue weighted by molar-refractivity contribution is 0.198. The maximum absolute atomic E-state index is 11.2. The Hall–Kier alpha value is -1.17. The van der Waals surface area contributed by atoms with Gasteiger partial charge in [-0.3, -0.25) is 5.01 Å². The maximum atomic E-state index is 11.2. The molecule has 0 aliphatic carbocycles. The minimum atomic E-state index is -0.727. The molecule has 0 fully saturated rings. The number of azo groups is 1. The fourth-order valence-corrected chi connectivity index (χ4v) is 0.635. The number of nitrogens with two attached hydrogens (primary N) is 1. The van der Waals surface area contributed by atoms with Crippen molar-refractivity contribution in [1.29, 1.82) is 0 Å². The van der Waals surface area contributed by atoms with E-state index in [1.807, 2.05) is 13.8 Å². The van der Waals surface area contributed by atoms with Gasteiger partial charge in [-0.1, -0.05) is 0 Å². The number of hydrogen-bond acceptors (Lipinski definition) is 4. The zero-order valence-electron chi connectivity index (χ0n) is 9.40. The second kappa shape index (κ2) is 4.90. The van der Waals surface area contributed by atoms with E-state index in [-0.39, 0.29) is 6.04 Å². The van der Waals surface area contributed by atoms with Crippen molar-refractivity contribution in [2.75, 3.05) is 7.05 Å². The second-order valence-electron chi connectivity index (χ2n) is 3.91. The van der Waals surface area contributed by atoms with E-state index in [1.54, 1.807) is 13.8 Å². The van der Waals surface area contributed by atoms with E-state index in [0.29, 0.717) is 0 Å². The summed E-state index contributed by atoms with van der Waals surface area (Å²) in [7, 11) is 1.46. The molecule has 82 valence electrons. The summed E-state index contributed by atoms with van der Waals surface area (Å²) >= 11 is 0. The van der Waals surface area contributed by atoms with Gasteiger partial charge in [-0.25, -0.2) is 10.6 Å². The van der Waals surface area contributed by atoms with Crippen molar-refractivity contribution in [3.8, 4) is 0 Å². The van der Waals surface area contributed by atoms with E-state index in [2.05, 4.69) is 15.5 Å². The number of amides is 2. The van der Waals surface area contributed by atoms with E-state index in [1.165, 1.54) is 7.05 Å². The Morgan fingerprint density at radius 2 is 2.00 bits per heavy atom. The van der Waals surface area contributed by atoms with Crippen molar-refractivity contribution in [1.82, 2.24) is 10.3 Å². The molecule has 0 aliphatic rings. The fourth-order valence-electron chi connectivity index (χ4n) is 0.635. The highest BCUT2D eigenvalue weighted by atomic mass is 16.2. The van der Waals surface area contributed by atoms with Crippen LogP contribution in [0, 0.1) is 0 Å². The van der Waals surface area contributed by atoms with Gasteiger partial charge in [0, 0.05) is 7.05 Å². The molecule has 0 saturated heterocycles. The molecule has 0 aliphatic heterocycles. The highest BCUT2D eigenvalue weighted by molar-refractivity contribution is 5.73. The van der Waals surface area contributed by atoms with Crippen LogP contribution in [0.2, 0.25) is 0 Å². The monoisotopic (exact) mass is 201 g/mol. The second-order valence-corrected chi connectivity index (χ2v) is 3.91. The summed E-state index contributed by atoms with van der Waals surface area (Å²) in [6.07, 6.45) is 0. The van der Waals surface area contributed by atoms with E-state index >= 15 is 0 Å². The van der Waals surface area contributed by atoms with Crippen LogP contribution < -0.4 is 11.2 Å². The largest absolute Gasteiger partial charge is 0.333 e. The third kappa shape index (κ3) is 5.47. The lowest BCUT2D eigenvalue weighted by Gasteiger charge is -2.22. The van der Waals surface area contributed by atoms with Crippen LogP contribution in [0.5, 0.6) is 0 Å². The van der Waals surface area contributed by atoms with Gasteiger partial charge in [0.1, 0.15) is 5.66 Å². The summed E-state index contributed by atoms with van der Waals surface area (Å²) in [6.45, 7) is 7.33. The number of hydrogen-bond donors (Lipinski definition) is 2. The normalized spacial score (nSPS) is 12.2. The number of urea groups is 1. The average molecular weight is 201 g/mol. The fraction of sp³-hybridized carbons (Fsp3) is 0.875. The lowest BCUT2D eigenvalue weighted by atomic mass is 10.3. The summed E-state index contributed by atoms with van der Waals surface area (Å²) in [5, 5.41) is 11.5. The van der Waals surface area contributed by atoms with Crippen LogP contribution in [-0.2, 0) is 0 Å². The number of nitrogens with one attached hydrogen (secondary N) is 1. The Bertz CT molecular complexity index is 222. The summed E-state index contributed by atoms with van der Waals surface area (Å²) in [5.41, 5.74) is -0.727. The first-order valence-corrected chi connectivity index (χ1v) is 4.47. The highest BCUT2D eigenvalue weighted by Gasteiger charge is 2.20. The number of rotatable bonds is 3. The van der Waals surface area contributed by atoms with Gasteiger partial charge in [0.15, 0.2) is 0 Å². The Kier molecular flexibility index (Phi) is 4.49. The number of hydrazine groups is 1. The smallest absolute Gasteiger partial charge is 0.311 e. The zero-order valence-corrected chi connectivity index (χ0v) is 9.40. The summed E-state index contributed by atoms with van der Waals surface area (Å²) in [6, 6.07) is -0.278. The zero-order chi connectivity index (χ0) is 11.4. The predicted molar refractivity (Wildman–Crippen MR) is 54.6 cm³/mol. The van der Waals surface area contributed by atoms with Crippen molar-refractivity contribution in [3.63, 3.8) is 0 Å². The number of carbonyl (C=O) groups is 1. The van der Waals surface area contributed by atoms with E-state index in [0.717, 1.165) is 5.01 Å². The number of nitrogens with zero attached hydrogens (tertiary/aromatic N) is 3. The Morgan fingerprint density at radius 1 is 1.50 bits per heavy atom. The lowest BCUT2D eigenvalue weighted by Crippen LogP contribution is -2.50. The molecule has 0 radical (unpaired) electrons. The van der Waals surface area contributed by atoms with Gasteiger partial charge >= 0.3 is 6.03 Å². The van der Waals surface area contributed by atoms with E-state index in [9.17, 15) is 4.79 Å². The molecule has 0 bridgehead atoms. The van der Waals surface area contributed by atoms with Gasteiger partial charge in [0.2, 0.25) is 0 Å². The molecule has 0 aromatic rings. The Morgan fingerprint density at radius 3 is 2.36 bits per heavy atom. The third-order valence-corrected chi connectivity index (χ3v) is 1.27. The van der Waals surface area contributed by atoms with Gasteiger partial charge in [-0.15, -0.1) is 0 Å². The van der Waals surface area contributed by atoms with Crippen LogP contribution in [0.4, 0.5) is 4.79 Å². The van der Waals surface area contributed by atoms with Crippen LogP contribution in [-0.4, -0.2) is 29.8 Å². The molecule has 0 aromatic heterocycles. The van der Waals surface area contributed by atoms with Gasteiger partial charge in [-0.2, -0.15) is 10.2 Å². The molecule has 14 heavy (non-hydrogen) atoms. The molecule has 0 saturated carbocycles. The molecule has 0 rings (SSSR count). The average Bonchev–Trinajstić information content (AvgIpc) is 2.00.